The van der Waals surface area contributed by atoms with Crippen LogP contribution < -0.4 is 10.6 Å². The van der Waals surface area contributed by atoms with Gasteiger partial charge in [-0.1, -0.05) is 17.7 Å². The van der Waals surface area contributed by atoms with Crippen LogP contribution >= 0.6 is 11.6 Å². The van der Waals surface area contributed by atoms with Crippen LogP contribution in [-0.4, -0.2) is 30.4 Å². The zero-order valence-electron chi connectivity index (χ0n) is 14.8. The number of carbonyl (C=O) groups is 3. The third-order valence-corrected chi connectivity index (χ3v) is 3.86. The lowest BCUT2D eigenvalue weighted by molar-refractivity contribution is -0.153. The summed E-state index contributed by atoms with van der Waals surface area (Å²) in [6.07, 6.45) is -1.47. The Balaban J connectivity index is 1.78. The molecule has 0 aromatic heterocycles. The maximum Gasteiger partial charge on any atom is 0.308 e. The van der Waals surface area contributed by atoms with Gasteiger partial charge >= 0.3 is 5.97 Å². The second kappa shape index (κ2) is 9.80. The summed E-state index contributed by atoms with van der Waals surface area (Å²) in [6.45, 7) is 1.24. The molecule has 0 aliphatic carbocycles. The molecule has 0 saturated heterocycles. The van der Waals surface area contributed by atoms with Gasteiger partial charge in [-0.05, 0) is 43.3 Å². The molecule has 0 radical (unpaired) electrons. The molecule has 0 bridgehead atoms. The molecule has 0 unspecified atom stereocenters. The molecule has 2 N–H and O–H groups in total. The Morgan fingerprint density at radius 2 is 1.68 bits per heavy atom. The fourth-order valence-corrected chi connectivity index (χ4v) is 2.26. The van der Waals surface area contributed by atoms with Crippen molar-refractivity contribution in [3.05, 3.63) is 64.7 Å². The van der Waals surface area contributed by atoms with Gasteiger partial charge in [0.1, 0.15) is 17.3 Å². The first-order chi connectivity index (χ1) is 13.3. The Morgan fingerprint density at radius 3 is 2.29 bits per heavy atom. The van der Waals surface area contributed by atoms with Crippen molar-refractivity contribution in [1.29, 1.82) is 0 Å². The Labute approximate surface area is 164 Å². The van der Waals surface area contributed by atoms with Crippen molar-refractivity contribution in [2.24, 2.45) is 0 Å². The maximum atomic E-state index is 13.5. The molecule has 0 fully saturated rings. The molecule has 0 aliphatic heterocycles. The van der Waals surface area contributed by atoms with Gasteiger partial charge in [0, 0.05) is 17.1 Å². The van der Waals surface area contributed by atoms with Gasteiger partial charge in [-0.25, -0.2) is 8.78 Å². The molecule has 6 nitrogen and oxygen atoms in total. The van der Waals surface area contributed by atoms with Crippen LogP contribution in [0.2, 0.25) is 5.02 Å². The van der Waals surface area contributed by atoms with Gasteiger partial charge in [0.2, 0.25) is 0 Å². The Kier molecular flexibility index (Phi) is 7.45. The van der Waals surface area contributed by atoms with E-state index in [2.05, 4.69) is 5.32 Å². The molecular formula is C19H17ClF2N2O4. The van der Waals surface area contributed by atoms with E-state index >= 15 is 0 Å². The Bertz CT molecular complexity index is 854. The second-order valence-electron chi connectivity index (χ2n) is 5.73. The lowest BCUT2D eigenvalue weighted by atomic mass is 10.2. The van der Waals surface area contributed by atoms with E-state index in [9.17, 15) is 23.2 Å². The van der Waals surface area contributed by atoms with E-state index in [4.69, 9.17) is 16.3 Å². The molecule has 0 spiro atoms. The van der Waals surface area contributed by atoms with Crippen LogP contribution in [0.1, 0.15) is 23.7 Å². The average molecular weight is 411 g/mol. The molecule has 148 valence electrons. The number of esters is 1. The third kappa shape index (κ3) is 6.02. The number of halogens is 3. The number of rotatable bonds is 7. The summed E-state index contributed by atoms with van der Waals surface area (Å²) in [6, 6.07) is 9.31. The Hall–Kier alpha value is -3.00. The predicted octanol–water partition coefficient (Wildman–Crippen LogP) is 3.31. The number of nitrogens with one attached hydrogen (secondary N) is 2. The number of ether oxygens (including phenoxy) is 1. The first-order valence-electron chi connectivity index (χ1n) is 8.26. The van der Waals surface area contributed by atoms with Gasteiger partial charge in [0.05, 0.1) is 6.42 Å². The molecule has 2 aromatic rings. The number of hydrogen-bond donors (Lipinski definition) is 2. The second-order valence-corrected chi connectivity index (χ2v) is 6.17. The quantitative estimate of drug-likeness (QED) is 0.686. The SMILES string of the molecule is C[C@H](OC(=O)CCNC(=O)c1ccc(Cl)cc1)C(=O)Nc1c(F)cccc1F. The van der Waals surface area contributed by atoms with Gasteiger partial charge in [-0.3, -0.25) is 14.4 Å². The summed E-state index contributed by atoms with van der Waals surface area (Å²) in [4.78, 5) is 35.6. The first kappa shape index (κ1) is 21.3. The third-order valence-electron chi connectivity index (χ3n) is 3.61. The minimum absolute atomic E-state index is 0.0173. The molecule has 1 atom stereocenters. The van der Waals surface area contributed by atoms with Gasteiger partial charge in [0.15, 0.2) is 6.10 Å². The van der Waals surface area contributed by atoms with Gasteiger partial charge in [0.25, 0.3) is 11.8 Å². The highest BCUT2D eigenvalue weighted by atomic mass is 35.5. The molecular weight excluding hydrogens is 394 g/mol. The number of hydrogen-bond acceptors (Lipinski definition) is 4. The molecule has 28 heavy (non-hydrogen) atoms. The number of para-hydroxylation sites is 1. The van der Waals surface area contributed by atoms with Crippen molar-refractivity contribution < 1.29 is 27.9 Å². The first-order valence-corrected chi connectivity index (χ1v) is 8.64. The standard InChI is InChI=1S/C19H17ClF2N2O4/c1-11(18(26)24-17-14(21)3-2-4-15(17)22)28-16(25)9-10-23-19(27)12-5-7-13(20)8-6-12/h2-8,11H,9-10H2,1H3,(H,23,27)(H,24,26)/t11-/m0/s1. The van der Waals surface area contributed by atoms with Crippen molar-refractivity contribution in [3.63, 3.8) is 0 Å². The summed E-state index contributed by atoms with van der Waals surface area (Å²) in [7, 11) is 0. The van der Waals surface area contributed by atoms with Crippen LogP contribution in [0.4, 0.5) is 14.5 Å². The zero-order chi connectivity index (χ0) is 20.7. The lowest BCUT2D eigenvalue weighted by Gasteiger charge is -2.14. The molecule has 2 amide bonds. The van der Waals surface area contributed by atoms with E-state index in [0.717, 1.165) is 18.2 Å². The van der Waals surface area contributed by atoms with Gasteiger partial charge in [-0.15, -0.1) is 0 Å². The van der Waals surface area contributed by atoms with Crippen molar-refractivity contribution >= 4 is 35.1 Å². The minimum Gasteiger partial charge on any atom is -0.452 e. The van der Waals surface area contributed by atoms with Crippen LogP contribution in [0.5, 0.6) is 0 Å². The lowest BCUT2D eigenvalue weighted by Crippen LogP contribution is -2.32. The predicted molar refractivity (Wildman–Crippen MR) is 98.9 cm³/mol. The van der Waals surface area contributed by atoms with Crippen LogP contribution in [-0.2, 0) is 14.3 Å². The van der Waals surface area contributed by atoms with Gasteiger partial charge in [-0.2, -0.15) is 0 Å². The van der Waals surface area contributed by atoms with E-state index in [1.165, 1.54) is 19.1 Å². The summed E-state index contributed by atoms with van der Waals surface area (Å²) < 4.78 is 32.0. The molecule has 0 heterocycles. The summed E-state index contributed by atoms with van der Waals surface area (Å²) in [5.41, 5.74) is -0.247. The van der Waals surface area contributed by atoms with E-state index in [0.29, 0.717) is 10.6 Å². The van der Waals surface area contributed by atoms with Gasteiger partial charge < -0.3 is 15.4 Å². The van der Waals surface area contributed by atoms with Crippen molar-refractivity contribution in [2.75, 3.05) is 11.9 Å². The topological polar surface area (TPSA) is 84.5 Å². The number of carbonyl (C=O) groups excluding carboxylic acids is 3. The van der Waals surface area contributed by atoms with E-state index in [1.54, 1.807) is 12.1 Å². The normalized spacial score (nSPS) is 11.4. The fraction of sp³-hybridized carbons (Fsp3) is 0.211. The Morgan fingerprint density at radius 1 is 1.07 bits per heavy atom. The number of amides is 2. The van der Waals surface area contributed by atoms with E-state index < -0.39 is 41.2 Å². The summed E-state index contributed by atoms with van der Waals surface area (Å²) in [5, 5.41) is 5.05. The summed E-state index contributed by atoms with van der Waals surface area (Å²) in [5.74, 6) is -3.94. The number of benzene rings is 2. The molecule has 9 heteroatoms. The molecule has 0 saturated carbocycles. The molecule has 2 rings (SSSR count). The number of anilines is 1. The highest BCUT2D eigenvalue weighted by Crippen LogP contribution is 2.18. The van der Waals surface area contributed by atoms with Crippen LogP contribution in [0, 0.1) is 11.6 Å². The van der Waals surface area contributed by atoms with Crippen molar-refractivity contribution in [3.8, 4) is 0 Å². The monoisotopic (exact) mass is 410 g/mol. The molecule has 0 aliphatic rings. The van der Waals surface area contributed by atoms with Crippen LogP contribution in [0.15, 0.2) is 42.5 Å². The largest absolute Gasteiger partial charge is 0.452 e. The molecule has 2 aromatic carbocycles. The van der Waals surface area contributed by atoms with E-state index in [-0.39, 0.29) is 13.0 Å². The highest BCUT2D eigenvalue weighted by molar-refractivity contribution is 6.30. The van der Waals surface area contributed by atoms with E-state index in [1.807, 2.05) is 5.32 Å². The highest BCUT2D eigenvalue weighted by Gasteiger charge is 2.20. The fourth-order valence-electron chi connectivity index (χ4n) is 2.13. The maximum absolute atomic E-state index is 13.5. The van der Waals surface area contributed by atoms with Crippen molar-refractivity contribution in [2.45, 2.75) is 19.4 Å². The smallest absolute Gasteiger partial charge is 0.308 e. The van der Waals surface area contributed by atoms with Crippen molar-refractivity contribution in [1.82, 2.24) is 5.32 Å². The van der Waals surface area contributed by atoms with Crippen LogP contribution in [0.3, 0.4) is 0 Å². The zero-order valence-corrected chi connectivity index (χ0v) is 15.6. The van der Waals surface area contributed by atoms with Crippen LogP contribution in [0.25, 0.3) is 0 Å². The summed E-state index contributed by atoms with van der Waals surface area (Å²) >= 11 is 5.74. The minimum atomic E-state index is -1.28. The average Bonchev–Trinajstić information content (AvgIpc) is 2.65.